The van der Waals surface area contributed by atoms with Crippen LogP contribution in [0.4, 0.5) is 15.8 Å². The number of halogens is 1. The molecule has 3 aromatic rings. The monoisotopic (exact) mass is 418 g/mol. The zero-order chi connectivity index (χ0) is 21.5. The molecule has 0 bridgehead atoms. The molecule has 0 aliphatic carbocycles. The third-order valence-corrected chi connectivity index (χ3v) is 5.67. The predicted octanol–water partition coefficient (Wildman–Crippen LogP) is 3.89. The molecule has 0 spiro atoms. The molecular formula is C24H19FN2O4. The van der Waals surface area contributed by atoms with Crippen LogP contribution >= 0.6 is 0 Å². The van der Waals surface area contributed by atoms with Crippen molar-refractivity contribution in [2.45, 2.75) is 12.1 Å². The van der Waals surface area contributed by atoms with Gasteiger partial charge in [-0.25, -0.2) is 14.4 Å². The van der Waals surface area contributed by atoms with Gasteiger partial charge in [-0.3, -0.25) is 14.4 Å². The van der Waals surface area contributed by atoms with E-state index in [-0.39, 0.29) is 11.7 Å². The van der Waals surface area contributed by atoms with Crippen molar-refractivity contribution in [3.63, 3.8) is 0 Å². The van der Waals surface area contributed by atoms with E-state index < -0.39 is 24.0 Å². The molecule has 0 aromatic heterocycles. The van der Waals surface area contributed by atoms with Crippen molar-refractivity contribution in [3.05, 3.63) is 90.2 Å². The summed E-state index contributed by atoms with van der Waals surface area (Å²) in [5.41, 5.74) is 1.86. The van der Waals surface area contributed by atoms with E-state index in [9.17, 15) is 14.0 Å². The average molecular weight is 418 g/mol. The molecule has 2 heterocycles. The first-order valence-electron chi connectivity index (χ1n) is 9.87. The number of hydrogen-bond donors (Lipinski definition) is 0. The van der Waals surface area contributed by atoms with Crippen molar-refractivity contribution < 1.29 is 23.6 Å². The molecule has 2 fully saturated rings. The van der Waals surface area contributed by atoms with Crippen molar-refractivity contribution >= 4 is 23.2 Å². The Bertz CT molecular complexity index is 1120. The van der Waals surface area contributed by atoms with Gasteiger partial charge in [-0.1, -0.05) is 30.3 Å². The minimum atomic E-state index is -0.968. The number of hydrogen-bond acceptors (Lipinski definition) is 5. The Kier molecular flexibility index (Phi) is 4.67. The highest BCUT2D eigenvalue weighted by molar-refractivity contribution is 6.23. The van der Waals surface area contributed by atoms with Gasteiger partial charge < -0.3 is 4.74 Å². The summed E-state index contributed by atoms with van der Waals surface area (Å²) in [5, 5.41) is 1.59. The normalized spacial score (nSPS) is 22.7. The number of imide groups is 1. The number of hydroxylamine groups is 1. The summed E-state index contributed by atoms with van der Waals surface area (Å²) in [6.07, 6.45) is -0.968. The summed E-state index contributed by atoms with van der Waals surface area (Å²) in [5.74, 6) is -1.29. The van der Waals surface area contributed by atoms with Crippen molar-refractivity contribution in [1.82, 2.24) is 0 Å². The Labute approximate surface area is 178 Å². The van der Waals surface area contributed by atoms with Crippen LogP contribution in [0.15, 0.2) is 78.9 Å². The highest BCUT2D eigenvalue weighted by Crippen LogP contribution is 2.47. The Morgan fingerprint density at radius 1 is 0.839 bits per heavy atom. The number of carbonyl (C=O) groups is 2. The lowest BCUT2D eigenvalue weighted by Crippen LogP contribution is -2.37. The number of nitrogens with zero attached hydrogens (tertiary/aromatic N) is 2. The Hall–Kier alpha value is -3.71. The fourth-order valence-electron chi connectivity index (χ4n) is 4.20. The fraction of sp³-hybridized carbons (Fsp3) is 0.167. The van der Waals surface area contributed by atoms with Gasteiger partial charge in [-0.2, -0.15) is 0 Å². The van der Waals surface area contributed by atoms with Gasteiger partial charge in [-0.15, -0.1) is 0 Å². The first kappa shape index (κ1) is 19.3. The van der Waals surface area contributed by atoms with Gasteiger partial charge in [0.2, 0.25) is 5.91 Å². The molecule has 0 radical (unpaired) electrons. The number of fused-ring (bicyclic) bond motifs is 1. The highest BCUT2D eigenvalue weighted by Gasteiger charge is 2.60. The lowest BCUT2D eigenvalue weighted by atomic mass is 9.90. The van der Waals surface area contributed by atoms with Gasteiger partial charge in [0.1, 0.15) is 17.5 Å². The molecule has 2 aliphatic rings. The number of ether oxygens (including phenoxy) is 1. The van der Waals surface area contributed by atoms with Gasteiger partial charge in [0.25, 0.3) is 5.91 Å². The SMILES string of the molecule is COc1ccc(N2C(=O)C3ON(c4ccccc4)C(c4ccc(F)cc4)C3C2=O)cc1. The number of rotatable bonds is 4. The molecule has 3 aromatic carbocycles. The Balaban J connectivity index is 1.56. The van der Waals surface area contributed by atoms with Crippen LogP contribution in [0.2, 0.25) is 0 Å². The lowest BCUT2D eigenvalue weighted by Gasteiger charge is -2.28. The molecule has 7 heteroatoms. The molecular weight excluding hydrogens is 399 g/mol. The summed E-state index contributed by atoms with van der Waals surface area (Å²) in [6, 6.07) is 21.3. The molecule has 2 amide bonds. The van der Waals surface area contributed by atoms with E-state index in [2.05, 4.69) is 0 Å². The molecule has 156 valence electrons. The summed E-state index contributed by atoms with van der Waals surface area (Å²) in [7, 11) is 1.55. The molecule has 2 saturated heterocycles. The number of benzene rings is 3. The second kappa shape index (κ2) is 7.52. The van der Waals surface area contributed by atoms with Crippen LogP contribution in [0.1, 0.15) is 11.6 Å². The maximum absolute atomic E-state index is 13.6. The van der Waals surface area contributed by atoms with Gasteiger partial charge in [0.05, 0.1) is 24.5 Å². The maximum atomic E-state index is 13.6. The van der Waals surface area contributed by atoms with Gasteiger partial charge in [-0.05, 0) is 54.1 Å². The second-order valence-corrected chi connectivity index (χ2v) is 7.42. The van der Waals surface area contributed by atoms with Gasteiger partial charge >= 0.3 is 0 Å². The smallest absolute Gasteiger partial charge is 0.266 e. The number of para-hydroxylation sites is 1. The maximum Gasteiger partial charge on any atom is 0.266 e. The van der Waals surface area contributed by atoms with Crippen LogP contribution < -0.4 is 14.7 Å². The molecule has 0 saturated carbocycles. The van der Waals surface area contributed by atoms with Gasteiger partial charge in [0.15, 0.2) is 6.10 Å². The summed E-state index contributed by atoms with van der Waals surface area (Å²) in [4.78, 5) is 33.9. The topological polar surface area (TPSA) is 59.1 Å². The first-order chi connectivity index (χ1) is 15.1. The van der Waals surface area contributed by atoms with Crippen LogP contribution in [-0.2, 0) is 14.4 Å². The van der Waals surface area contributed by atoms with Crippen LogP contribution in [0.5, 0.6) is 5.75 Å². The number of anilines is 2. The first-order valence-corrected chi connectivity index (χ1v) is 9.87. The van der Waals surface area contributed by atoms with Crippen LogP contribution in [0, 0.1) is 11.7 Å². The van der Waals surface area contributed by atoms with E-state index >= 15 is 0 Å². The van der Waals surface area contributed by atoms with E-state index in [1.165, 1.54) is 12.1 Å². The zero-order valence-electron chi connectivity index (χ0n) is 16.6. The molecule has 3 atom stereocenters. The summed E-state index contributed by atoms with van der Waals surface area (Å²) < 4.78 is 18.7. The van der Waals surface area contributed by atoms with E-state index in [0.717, 1.165) is 4.90 Å². The second-order valence-electron chi connectivity index (χ2n) is 7.42. The third kappa shape index (κ3) is 3.14. The molecule has 0 N–H and O–H groups in total. The minimum Gasteiger partial charge on any atom is -0.497 e. The molecule has 2 aliphatic heterocycles. The minimum absolute atomic E-state index is 0.354. The fourth-order valence-corrected chi connectivity index (χ4v) is 4.20. The quantitative estimate of drug-likeness (QED) is 0.602. The van der Waals surface area contributed by atoms with E-state index in [1.54, 1.807) is 48.6 Å². The molecule has 6 nitrogen and oxygen atoms in total. The molecule has 5 rings (SSSR count). The lowest BCUT2D eigenvalue weighted by molar-refractivity contribution is -0.126. The Morgan fingerprint density at radius 2 is 1.52 bits per heavy atom. The average Bonchev–Trinajstić information content (AvgIpc) is 3.31. The third-order valence-electron chi connectivity index (χ3n) is 5.67. The van der Waals surface area contributed by atoms with E-state index in [4.69, 9.17) is 9.57 Å². The summed E-state index contributed by atoms with van der Waals surface area (Å²) in [6.45, 7) is 0. The standard InChI is InChI=1S/C24H19FN2O4/c1-30-19-13-11-17(12-14-19)26-23(28)20-21(15-7-9-16(25)10-8-15)27(31-22(20)24(26)29)18-5-3-2-4-6-18/h2-14,20-22H,1H3. The largest absolute Gasteiger partial charge is 0.497 e. The van der Waals surface area contributed by atoms with E-state index in [1.807, 2.05) is 30.3 Å². The van der Waals surface area contributed by atoms with Crippen LogP contribution in [0.25, 0.3) is 0 Å². The highest BCUT2D eigenvalue weighted by atomic mass is 19.1. The van der Waals surface area contributed by atoms with Crippen LogP contribution in [-0.4, -0.2) is 25.0 Å². The zero-order valence-corrected chi connectivity index (χ0v) is 16.6. The number of amides is 2. The van der Waals surface area contributed by atoms with Gasteiger partial charge in [0, 0.05) is 0 Å². The van der Waals surface area contributed by atoms with Crippen molar-refractivity contribution in [3.8, 4) is 5.75 Å². The Morgan fingerprint density at radius 3 is 2.16 bits per heavy atom. The summed E-state index contributed by atoms with van der Waals surface area (Å²) >= 11 is 0. The van der Waals surface area contributed by atoms with E-state index in [0.29, 0.717) is 22.7 Å². The van der Waals surface area contributed by atoms with Crippen molar-refractivity contribution in [2.24, 2.45) is 5.92 Å². The van der Waals surface area contributed by atoms with Crippen molar-refractivity contribution in [2.75, 3.05) is 17.1 Å². The number of methoxy groups -OCH3 is 1. The predicted molar refractivity (Wildman–Crippen MR) is 112 cm³/mol. The van der Waals surface area contributed by atoms with Crippen LogP contribution in [0.3, 0.4) is 0 Å². The molecule has 31 heavy (non-hydrogen) atoms. The number of carbonyl (C=O) groups excluding carboxylic acids is 2. The molecule has 3 unspecified atom stereocenters. The van der Waals surface area contributed by atoms with Crippen molar-refractivity contribution in [1.29, 1.82) is 0 Å².